The first-order valence-corrected chi connectivity index (χ1v) is 9.56. The molecule has 0 spiro atoms. The van der Waals surface area contributed by atoms with Crippen LogP contribution in [0.15, 0.2) is 29.2 Å². The Morgan fingerprint density at radius 1 is 1.25 bits per heavy atom. The molecule has 1 saturated carbocycles. The fraction of sp³-hybridized carbons (Fsp3) is 0.625. The van der Waals surface area contributed by atoms with E-state index in [1.165, 1.54) is 19.2 Å². The molecule has 0 aliphatic heterocycles. The largest absolute Gasteiger partial charge is 0.497 e. The molecule has 0 amide bonds. The number of methoxy groups -OCH3 is 1. The Morgan fingerprint density at radius 3 is 2.62 bits per heavy atom. The monoisotopic (exact) mass is 365 g/mol. The summed E-state index contributed by atoms with van der Waals surface area (Å²) in [5.74, 6) is -1.22. The quantitative estimate of drug-likeness (QED) is 0.841. The third-order valence-electron chi connectivity index (χ3n) is 4.36. The molecule has 1 fully saturated rings. The van der Waals surface area contributed by atoms with Crippen molar-refractivity contribution in [2.75, 3.05) is 19.4 Å². The van der Waals surface area contributed by atoms with Crippen molar-refractivity contribution < 1.29 is 26.3 Å². The number of alkyl halides is 3. The van der Waals surface area contributed by atoms with Gasteiger partial charge >= 0.3 is 6.18 Å². The summed E-state index contributed by atoms with van der Waals surface area (Å²) in [4.78, 5) is 0.111. The van der Waals surface area contributed by atoms with Crippen LogP contribution in [0.3, 0.4) is 0 Å². The second-order valence-electron chi connectivity index (χ2n) is 5.99. The summed E-state index contributed by atoms with van der Waals surface area (Å²) in [6.45, 7) is -0.00318. The van der Waals surface area contributed by atoms with Gasteiger partial charge in [0.1, 0.15) is 5.75 Å². The van der Waals surface area contributed by atoms with E-state index in [4.69, 9.17) is 4.74 Å². The average molecular weight is 365 g/mol. The second kappa shape index (κ2) is 7.74. The maximum atomic E-state index is 13.0. The molecule has 0 unspecified atom stereocenters. The van der Waals surface area contributed by atoms with Crippen LogP contribution in [-0.4, -0.2) is 40.0 Å². The van der Waals surface area contributed by atoms with Crippen molar-refractivity contribution in [2.45, 2.75) is 42.8 Å². The van der Waals surface area contributed by atoms with Gasteiger partial charge in [-0.15, -0.1) is 0 Å². The summed E-state index contributed by atoms with van der Waals surface area (Å²) in [6, 6.07) is 5.36. The minimum absolute atomic E-state index is 0.00318. The number of hydrogen-bond donors (Lipinski definition) is 1. The minimum atomic E-state index is -4.25. The lowest BCUT2D eigenvalue weighted by atomic mass is 9.84. The molecule has 1 aliphatic rings. The summed E-state index contributed by atoms with van der Waals surface area (Å²) < 4.78 is 68.7. The smallest absolute Gasteiger partial charge is 0.393 e. The van der Waals surface area contributed by atoms with Crippen LogP contribution in [0.2, 0.25) is 0 Å². The van der Waals surface area contributed by atoms with Gasteiger partial charge in [-0.05, 0) is 31.0 Å². The molecule has 136 valence electrons. The van der Waals surface area contributed by atoms with Crippen LogP contribution in [0.1, 0.15) is 25.7 Å². The lowest BCUT2D eigenvalue weighted by Gasteiger charge is -2.33. The molecule has 0 heterocycles. The third-order valence-corrected chi connectivity index (χ3v) is 6.08. The molecule has 0 bridgehead atoms. The minimum Gasteiger partial charge on any atom is -0.497 e. The molecule has 8 heteroatoms. The molecule has 1 aromatic carbocycles. The highest BCUT2D eigenvalue weighted by atomic mass is 32.2. The molecule has 1 aromatic rings. The van der Waals surface area contributed by atoms with Gasteiger partial charge in [0.05, 0.1) is 23.7 Å². The van der Waals surface area contributed by atoms with Gasteiger partial charge < -0.3 is 10.1 Å². The summed E-state index contributed by atoms with van der Waals surface area (Å²) in [5.41, 5.74) is 0. The average Bonchev–Trinajstić information content (AvgIpc) is 2.54. The van der Waals surface area contributed by atoms with Crippen LogP contribution >= 0.6 is 0 Å². The van der Waals surface area contributed by atoms with Crippen LogP contribution in [0.25, 0.3) is 0 Å². The molecular formula is C16H22F3NO3S. The highest BCUT2D eigenvalue weighted by Crippen LogP contribution is 2.37. The van der Waals surface area contributed by atoms with Gasteiger partial charge in [-0.2, -0.15) is 13.2 Å². The predicted octanol–water partition coefficient (Wildman–Crippen LogP) is 3.18. The molecule has 0 radical (unpaired) electrons. The van der Waals surface area contributed by atoms with Gasteiger partial charge in [-0.25, -0.2) is 8.42 Å². The van der Waals surface area contributed by atoms with Crippen molar-refractivity contribution >= 4 is 9.84 Å². The van der Waals surface area contributed by atoms with E-state index >= 15 is 0 Å². The van der Waals surface area contributed by atoms with E-state index in [0.717, 1.165) is 6.42 Å². The fourth-order valence-electron chi connectivity index (χ4n) is 3.06. The van der Waals surface area contributed by atoms with Crippen LogP contribution in [0, 0.1) is 5.92 Å². The maximum Gasteiger partial charge on any atom is 0.393 e. The van der Waals surface area contributed by atoms with Crippen molar-refractivity contribution in [3.63, 3.8) is 0 Å². The van der Waals surface area contributed by atoms with E-state index < -0.39 is 28.0 Å². The number of ether oxygens (including phenoxy) is 1. The van der Waals surface area contributed by atoms with Crippen molar-refractivity contribution in [1.29, 1.82) is 0 Å². The van der Waals surface area contributed by atoms with Crippen LogP contribution in [0.5, 0.6) is 5.75 Å². The lowest BCUT2D eigenvalue weighted by molar-refractivity contribution is -0.188. The third kappa shape index (κ3) is 4.86. The van der Waals surface area contributed by atoms with Gasteiger partial charge in [0.15, 0.2) is 9.84 Å². The fourth-order valence-corrected chi connectivity index (χ4v) is 4.26. The Kier molecular flexibility index (Phi) is 6.14. The zero-order valence-corrected chi connectivity index (χ0v) is 14.3. The Balaban J connectivity index is 1.96. The molecule has 24 heavy (non-hydrogen) atoms. The van der Waals surface area contributed by atoms with Crippen molar-refractivity contribution in [2.24, 2.45) is 5.92 Å². The first-order valence-electron chi connectivity index (χ1n) is 7.91. The van der Waals surface area contributed by atoms with E-state index in [2.05, 4.69) is 5.32 Å². The van der Waals surface area contributed by atoms with E-state index in [1.807, 2.05) is 0 Å². The summed E-state index contributed by atoms with van der Waals surface area (Å²) in [5, 5.41) is 2.80. The zero-order chi connectivity index (χ0) is 17.8. The summed E-state index contributed by atoms with van der Waals surface area (Å²) in [7, 11) is -2.13. The van der Waals surface area contributed by atoms with Crippen LogP contribution in [0.4, 0.5) is 13.2 Å². The molecule has 1 N–H and O–H groups in total. The molecule has 0 aromatic heterocycles. The normalized spacial score (nSPS) is 22.3. The molecule has 2 rings (SSSR count). The molecular weight excluding hydrogens is 343 g/mol. The maximum absolute atomic E-state index is 13.0. The van der Waals surface area contributed by atoms with Crippen LogP contribution in [-0.2, 0) is 9.84 Å². The first kappa shape index (κ1) is 19.1. The van der Waals surface area contributed by atoms with Gasteiger partial charge in [0, 0.05) is 12.6 Å². The van der Waals surface area contributed by atoms with Gasteiger partial charge in [-0.3, -0.25) is 0 Å². The number of rotatable bonds is 6. The highest BCUT2D eigenvalue weighted by Gasteiger charge is 2.45. The van der Waals surface area contributed by atoms with Gasteiger partial charge in [-0.1, -0.05) is 18.9 Å². The summed E-state index contributed by atoms with van der Waals surface area (Å²) >= 11 is 0. The van der Waals surface area contributed by atoms with Crippen molar-refractivity contribution in [3.8, 4) is 5.75 Å². The SMILES string of the molecule is COc1cccc(S(=O)(=O)CCN[C@@H]2CCCC[C@@H]2C(F)(F)F)c1. The molecule has 0 saturated heterocycles. The zero-order valence-electron chi connectivity index (χ0n) is 13.5. The Morgan fingerprint density at radius 2 is 1.96 bits per heavy atom. The topological polar surface area (TPSA) is 55.4 Å². The van der Waals surface area contributed by atoms with E-state index in [1.54, 1.807) is 12.1 Å². The second-order valence-corrected chi connectivity index (χ2v) is 8.10. The lowest BCUT2D eigenvalue weighted by Crippen LogP contribution is -2.46. The number of sulfone groups is 1. The van der Waals surface area contributed by atoms with Gasteiger partial charge in [0.2, 0.25) is 0 Å². The number of benzene rings is 1. The predicted molar refractivity (Wildman–Crippen MR) is 84.9 cm³/mol. The Labute approximate surface area is 140 Å². The first-order chi connectivity index (χ1) is 11.2. The Hall–Kier alpha value is -1.28. The number of nitrogens with one attached hydrogen (secondary N) is 1. The standard InChI is InChI=1S/C16H22F3NO3S/c1-23-12-5-4-6-13(11-12)24(21,22)10-9-20-15-8-3-2-7-14(15)16(17,18)19/h4-6,11,14-15,20H,2-3,7-10H2,1H3/t14-,15+/m0/s1. The highest BCUT2D eigenvalue weighted by molar-refractivity contribution is 7.91. The Bertz CT molecular complexity index is 646. The van der Waals surface area contributed by atoms with Gasteiger partial charge in [0.25, 0.3) is 0 Å². The van der Waals surface area contributed by atoms with E-state index in [-0.39, 0.29) is 23.6 Å². The van der Waals surface area contributed by atoms with Crippen LogP contribution < -0.4 is 10.1 Å². The number of hydrogen-bond acceptors (Lipinski definition) is 4. The summed E-state index contributed by atoms with van der Waals surface area (Å²) in [6.07, 6.45) is -2.44. The van der Waals surface area contributed by atoms with E-state index in [9.17, 15) is 21.6 Å². The number of halogens is 3. The molecule has 1 aliphatic carbocycles. The molecule has 2 atom stereocenters. The molecule has 4 nitrogen and oxygen atoms in total. The van der Waals surface area contributed by atoms with E-state index in [0.29, 0.717) is 18.6 Å². The van der Waals surface area contributed by atoms with Crippen molar-refractivity contribution in [3.05, 3.63) is 24.3 Å². The van der Waals surface area contributed by atoms with Crippen molar-refractivity contribution in [1.82, 2.24) is 5.32 Å².